The molecule has 33 heavy (non-hydrogen) atoms. The van der Waals surface area contributed by atoms with E-state index in [4.69, 9.17) is 4.74 Å². The van der Waals surface area contributed by atoms with Gasteiger partial charge in [-0.05, 0) is 51.0 Å². The van der Waals surface area contributed by atoms with Gasteiger partial charge < -0.3 is 25.2 Å². The number of nitrogens with one attached hydrogen (secondary N) is 2. The minimum Gasteiger partial charge on any atom is -0.380 e. The van der Waals surface area contributed by atoms with Crippen molar-refractivity contribution in [3.8, 4) is 0 Å². The molecule has 4 rings (SSSR count). The van der Waals surface area contributed by atoms with Crippen molar-refractivity contribution in [1.29, 1.82) is 0 Å². The lowest BCUT2D eigenvalue weighted by Crippen LogP contribution is -2.49. The Bertz CT molecular complexity index is 951. The van der Waals surface area contributed by atoms with E-state index in [1.54, 1.807) is 23.2 Å². The highest BCUT2D eigenvalue weighted by Gasteiger charge is 2.25. The van der Waals surface area contributed by atoms with Gasteiger partial charge in [0.05, 0.1) is 17.4 Å². The van der Waals surface area contributed by atoms with Gasteiger partial charge in [0.1, 0.15) is 5.69 Å². The van der Waals surface area contributed by atoms with Gasteiger partial charge in [0.25, 0.3) is 11.8 Å². The summed E-state index contributed by atoms with van der Waals surface area (Å²) in [5.74, 6) is 0.587. The van der Waals surface area contributed by atoms with Gasteiger partial charge >= 0.3 is 0 Å². The van der Waals surface area contributed by atoms with E-state index in [0.717, 1.165) is 31.0 Å². The summed E-state index contributed by atoms with van der Waals surface area (Å²) in [5, 5.41) is 6.31. The van der Waals surface area contributed by atoms with Crippen LogP contribution in [0.4, 0.5) is 11.5 Å². The summed E-state index contributed by atoms with van der Waals surface area (Å²) in [6, 6.07) is 7.54. The molecule has 176 valence electrons. The first-order valence-corrected chi connectivity index (χ1v) is 11.6. The van der Waals surface area contributed by atoms with Crippen LogP contribution in [0.15, 0.2) is 36.7 Å². The van der Waals surface area contributed by atoms with Crippen LogP contribution in [-0.4, -0.2) is 78.2 Å². The van der Waals surface area contributed by atoms with Crippen LogP contribution in [-0.2, 0) is 4.74 Å². The second kappa shape index (κ2) is 10.6. The van der Waals surface area contributed by atoms with Crippen molar-refractivity contribution in [3.05, 3.63) is 47.9 Å². The number of nitrogens with zero attached hydrogens (tertiary/aromatic N) is 4. The summed E-state index contributed by atoms with van der Waals surface area (Å²) >= 11 is 0. The van der Waals surface area contributed by atoms with Crippen LogP contribution in [0, 0.1) is 0 Å². The first-order chi connectivity index (χ1) is 16.0. The molecule has 0 bridgehead atoms. The SMILES string of the molecule is CC(C)Nc1cccnc1N1CCN(C(=O)c2ccc(C(=O)NCC3CCCO3)cn2)CC1. The zero-order chi connectivity index (χ0) is 23.2. The van der Waals surface area contributed by atoms with Gasteiger partial charge in [-0.2, -0.15) is 0 Å². The highest BCUT2D eigenvalue weighted by atomic mass is 16.5. The molecule has 0 aliphatic carbocycles. The number of hydrogen-bond donors (Lipinski definition) is 2. The lowest BCUT2D eigenvalue weighted by Gasteiger charge is -2.36. The molecule has 2 amide bonds. The van der Waals surface area contributed by atoms with Crippen molar-refractivity contribution in [2.75, 3.05) is 49.5 Å². The maximum atomic E-state index is 12.9. The number of aromatic nitrogens is 2. The Labute approximate surface area is 194 Å². The van der Waals surface area contributed by atoms with E-state index >= 15 is 0 Å². The van der Waals surface area contributed by atoms with Gasteiger partial charge in [0.2, 0.25) is 0 Å². The molecule has 9 nitrogen and oxygen atoms in total. The Hall–Kier alpha value is -3.20. The van der Waals surface area contributed by atoms with Crippen LogP contribution >= 0.6 is 0 Å². The molecular formula is C24H32N6O3. The zero-order valence-electron chi connectivity index (χ0n) is 19.3. The van der Waals surface area contributed by atoms with Crippen LogP contribution < -0.4 is 15.5 Å². The molecule has 1 atom stereocenters. The van der Waals surface area contributed by atoms with E-state index in [2.05, 4.69) is 39.3 Å². The Morgan fingerprint density at radius 1 is 1.15 bits per heavy atom. The fraction of sp³-hybridized carbons (Fsp3) is 0.500. The standard InChI is InChI=1S/C24H32N6O3/c1-17(2)28-20-6-3-9-25-22(20)29-10-12-30(13-11-29)24(32)21-8-7-18(15-26-21)23(31)27-16-19-5-4-14-33-19/h3,6-9,15,17,19,28H,4-5,10-14,16H2,1-2H3,(H,27,31). The maximum absolute atomic E-state index is 12.9. The molecule has 0 aromatic carbocycles. The Morgan fingerprint density at radius 2 is 1.97 bits per heavy atom. The van der Waals surface area contributed by atoms with E-state index in [0.29, 0.717) is 50.0 Å². The van der Waals surface area contributed by atoms with E-state index in [1.165, 1.54) is 6.20 Å². The highest BCUT2D eigenvalue weighted by Crippen LogP contribution is 2.24. The number of hydrogen-bond acceptors (Lipinski definition) is 7. The van der Waals surface area contributed by atoms with Crippen molar-refractivity contribution in [2.24, 2.45) is 0 Å². The number of anilines is 2. The Kier molecular flexibility index (Phi) is 7.39. The molecule has 1 unspecified atom stereocenters. The third-order valence-electron chi connectivity index (χ3n) is 5.86. The van der Waals surface area contributed by atoms with Crippen molar-refractivity contribution < 1.29 is 14.3 Å². The first-order valence-electron chi connectivity index (χ1n) is 11.6. The normalized spacial score (nSPS) is 18.5. The minimum absolute atomic E-state index is 0.0877. The molecule has 2 saturated heterocycles. The average Bonchev–Trinajstić information content (AvgIpc) is 3.36. The minimum atomic E-state index is -0.202. The second-order valence-corrected chi connectivity index (χ2v) is 8.73. The van der Waals surface area contributed by atoms with Gasteiger partial charge in [-0.1, -0.05) is 0 Å². The molecule has 4 heterocycles. The quantitative estimate of drug-likeness (QED) is 0.664. The summed E-state index contributed by atoms with van der Waals surface area (Å²) in [5.41, 5.74) is 1.79. The van der Waals surface area contributed by atoms with Crippen molar-refractivity contribution >= 4 is 23.3 Å². The molecule has 0 spiro atoms. The molecule has 0 saturated carbocycles. The zero-order valence-corrected chi connectivity index (χ0v) is 19.3. The first kappa shape index (κ1) is 23.0. The van der Waals surface area contributed by atoms with Crippen LogP contribution in [0.3, 0.4) is 0 Å². The van der Waals surface area contributed by atoms with Crippen LogP contribution in [0.5, 0.6) is 0 Å². The molecular weight excluding hydrogens is 420 g/mol. The number of rotatable bonds is 7. The van der Waals surface area contributed by atoms with E-state index < -0.39 is 0 Å². The molecule has 2 aliphatic heterocycles. The van der Waals surface area contributed by atoms with E-state index in [-0.39, 0.29) is 17.9 Å². The van der Waals surface area contributed by atoms with Crippen molar-refractivity contribution in [3.63, 3.8) is 0 Å². The van der Waals surface area contributed by atoms with Gasteiger partial charge in [-0.15, -0.1) is 0 Å². The summed E-state index contributed by atoms with van der Waals surface area (Å²) < 4.78 is 5.52. The van der Waals surface area contributed by atoms with Gasteiger partial charge in [0, 0.05) is 57.8 Å². The third-order valence-corrected chi connectivity index (χ3v) is 5.86. The van der Waals surface area contributed by atoms with Gasteiger partial charge in [0.15, 0.2) is 5.82 Å². The molecule has 0 radical (unpaired) electrons. The Morgan fingerprint density at radius 3 is 2.64 bits per heavy atom. The topological polar surface area (TPSA) is 99.7 Å². The number of carbonyl (C=O) groups excluding carboxylic acids is 2. The smallest absolute Gasteiger partial charge is 0.272 e. The summed E-state index contributed by atoms with van der Waals surface area (Å²) in [4.78, 5) is 38.1. The number of ether oxygens (including phenoxy) is 1. The lowest BCUT2D eigenvalue weighted by atomic mass is 10.2. The lowest BCUT2D eigenvalue weighted by molar-refractivity contribution is 0.0739. The van der Waals surface area contributed by atoms with E-state index in [9.17, 15) is 9.59 Å². The van der Waals surface area contributed by atoms with Gasteiger partial charge in [-0.3, -0.25) is 14.6 Å². The highest BCUT2D eigenvalue weighted by molar-refractivity contribution is 5.96. The predicted molar refractivity (Wildman–Crippen MR) is 127 cm³/mol. The largest absolute Gasteiger partial charge is 0.380 e. The van der Waals surface area contributed by atoms with Crippen molar-refractivity contribution in [1.82, 2.24) is 20.2 Å². The van der Waals surface area contributed by atoms with Crippen LogP contribution in [0.25, 0.3) is 0 Å². The second-order valence-electron chi connectivity index (χ2n) is 8.73. The van der Waals surface area contributed by atoms with Crippen molar-refractivity contribution in [2.45, 2.75) is 38.8 Å². The number of amides is 2. The monoisotopic (exact) mass is 452 g/mol. The fourth-order valence-corrected chi connectivity index (χ4v) is 4.12. The summed E-state index contributed by atoms with van der Waals surface area (Å²) in [6.07, 6.45) is 5.34. The van der Waals surface area contributed by atoms with Crippen LogP contribution in [0.2, 0.25) is 0 Å². The summed E-state index contributed by atoms with van der Waals surface area (Å²) in [7, 11) is 0. The molecule has 2 fully saturated rings. The number of carbonyl (C=O) groups is 2. The molecule has 9 heteroatoms. The molecule has 2 aromatic heterocycles. The van der Waals surface area contributed by atoms with E-state index in [1.807, 2.05) is 12.1 Å². The maximum Gasteiger partial charge on any atom is 0.272 e. The number of piperazine rings is 1. The van der Waals surface area contributed by atoms with Gasteiger partial charge in [-0.25, -0.2) is 4.98 Å². The third kappa shape index (κ3) is 5.78. The predicted octanol–water partition coefficient (Wildman–Crippen LogP) is 2.17. The fourth-order valence-electron chi connectivity index (χ4n) is 4.12. The Balaban J connectivity index is 1.31. The summed E-state index contributed by atoms with van der Waals surface area (Å²) in [6.45, 7) is 8.00. The molecule has 2 aromatic rings. The number of pyridine rings is 2. The molecule has 2 aliphatic rings. The average molecular weight is 453 g/mol. The van der Waals surface area contributed by atoms with Crippen LogP contribution in [0.1, 0.15) is 47.5 Å². The molecule has 2 N–H and O–H groups in total.